The highest BCUT2D eigenvalue weighted by Crippen LogP contribution is 2.49. The van der Waals surface area contributed by atoms with Crippen LogP contribution in [0.2, 0.25) is 0 Å². The van der Waals surface area contributed by atoms with E-state index in [9.17, 15) is 0 Å². The molecule has 10 rings (SSSR count). The molecular weight excluding hydrogens is 575 g/mol. The summed E-state index contributed by atoms with van der Waals surface area (Å²) in [7, 11) is 0. The van der Waals surface area contributed by atoms with Gasteiger partial charge < -0.3 is 4.57 Å². The minimum absolute atomic E-state index is 1.21. The Morgan fingerprint density at radius 3 is 1.76 bits per heavy atom. The van der Waals surface area contributed by atoms with E-state index < -0.39 is 0 Å². The van der Waals surface area contributed by atoms with Gasteiger partial charge in [-0.25, -0.2) is 0 Å². The van der Waals surface area contributed by atoms with Gasteiger partial charge in [0.05, 0.1) is 16.7 Å². The molecule has 2 aromatic heterocycles. The van der Waals surface area contributed by atoms with Crippen LogP contribution in [0.1, 0.15) is 0 Å². The van der Waals surface area contributed by atoms with E-state index in [1.807, 2.05) is 11.3 Å². The summed E-state index contributed by atoms with van der Waals surface area (Å²) >= 11 is 1.93. The molecule has 0 aliphatic carbocycles. The average molecular weight is 602 g/mol. The molecule has 46 heavy (non-hydrogen) atoms. The zero-order valence-corrected chi connectivity index (χ0v) is 25.8. The molecule has 214 valence electrons. The van der Waals surface area contributed by atoms with Gasteiger partial charge in [0.15, 0.2) is 0 Å². The van der Waals surface area contributed by atoms with Crippen LogP contribution >= 0.6 is 11.3 Å². The molecule has 0 atom stereocenters. The first-order valence-corrected chi connectivity index (χ1v) is 16.6. The first kappa shape index (κ1) is 25.6. The van der Waals surface area contributed by atoms with Crippen LogP contribution in [0.25, 0.3) is 91.5 Å². The molecule has 0 aliphatic rings. The zero-order valence-electron chi connectivity index (χ0n) is 24.9. The minimum atomic E-state index is 1.21. The number of aromatic nitrogens is 1. The first-order valence-electron chi connectivity index (χ1n) is 15.8. The molecular formula is C44H27NS. The molecule has 0 fully saturated rings. The van der Waals surface area contributed by atoms with Crippen LogP contribution in [0, 0.1) is 0 Å². The van der Waals surface area contributed by atoms with Crippen molar-refractivity contribution in [3.05, 3.63) is 164 Å². The van der Waals surface area contributed by atoms with E-state index in [2.05, 4.69) is 168 Å². The Hall–Kier alpha value is -5.70. The molecule has 2 heterocycles. The molecule has 10 aromatic rings. The molecule has 0 aliphatic heterocycles. The van der Waals surface area contributed by atoms with E-state index in [4.69, 9.17) is 0 Å². The number of hydrogen-bond acceptors (Lipinski definition) is 1. The number of rotatable bonds is 3. The molecule has 8 aromatic carbocycles. The summed E-state index contributed by atoms with van der Waals surface area (Å²) in [5.74, 6) is 0. The fourth-order valence-corrected chi connectivity index (χ4v) is 8.76. The van der Waals surface area contributed by atoms with Crippen molar-refractivity contribution >= 4 is 74.9 Å². The third-order valence-electron chi connectivity index (χ3n) is 9.56. The summed E-state index contributed by atoms with van der Waals surface area (Å²) in [5.41, 5.74) is 8.68. The first-order chi connectivity index (χ1) is 22.8. The Bertz CT molecular complexity index is 2780. The predicted octanol–water partition coefficient (Wildman–Crippen LogP) is 12.8. The Morgan fingerprint density at radius 2 is 1.00 bits per heavy atom. The van der Waals surface area contributed by atoms with Crippen molar-refractivity contribution < 1.29 is 0 Å². The van der Waals surface area contributed by atoms with E-state index in [0.717, 1.165) is 0 Å². The molecule has 0 unspecified atom stereocenters. The number of thiophene rings is 1. The van der Waals surface area contributed by atoms with Gasteiger partial charge in [0, 0.05) is 41.7 Å². The number of hydrogen-bond donors (Lipinski definition) is 0. The van der Waals surface area contributed by atoms with E-state index in [1.165, 1.54) is 91.5 Å². The van der Waals surface area contributed by atoms with Gasteiger partial charge in [0.1, 0.15) is 0 Å². The summed E-state index contributed by atoms with van der Waals surface area (Å²) in [6.07, 6.45) is 0. The maximum Gasteiger partial charge on any atom is 0.0634 e. The predicted molar refractivity (Wildman–Crippen MR) is 200 cm³/mol. The smallest absolute Gasteiger partial charge is 0.0634 e. The van der Waals surface area contributed by atoms with E-state index in [0.29, 0.717) is 0 Å². The van der Waals surface area contributed by atoms with Crippen LogP contribution in [0.3, 0.4) is 0 Å². The third kappa shape index (κ3) is 3.68. The molecule has 0 saturated carbocycles. The van der Waals surface area contributed by atoms with Crippen LogP contribution in [0.15, 0.2) is 164 Å². The van der Waals surface area contributed by atoms with E-state index in [1.54, 1.807) is 0 Å². The van der Waals surface area contributed by atoms with Gasteiger partial charge in [0.25, 0.3) is 0 Å². The normalized spacial score (nSPS) is 11.9. The van der Waals surface area contributed by atoms with Crippen LogP contribution in [0.4, 0.5) is 0 Å². The maximum atomic E-state index is 2.53. The van der Waals surface area contributed by atoms with Crippen molar-refractivity contribution in [2.24, 2.45) is 0 Å². The molecule has 1 nitrogen and oxygen atoms in total. The van der Waals surface area contributed by atoms with Crippen molar-refractivity contribution in [3.63, 3.8) is 0 Å². The molecule has 0 spiro atoms. The Labute approximate surface area is 270 Å². The van der Waals surface area contributed by atoms with Crippen molar-refractivity contribution in [2.45, 2.75) is 0 Å². The van der Waals surface area contributed by atoms with Crippen molar-refractivity contribution in [3.8, 4) is 27.9 Å². The topological polar surface area (TPSA) is 4.93 Å². The maximum absolute atomic E-state index is 2.53. The van der Waals surface area contributed by atoms with Crippen LogP contribution < -0.4 is 0 Å². The summed E-state index contributed by atoms with van der Waals surface area (Å²) in [6.45, 7) is 0. The highest BCUT2D eigenvalue weighted by molar-refractivity contribution is 7.27. The summed E-state index contributed by atoms with van der Waals surface area (Å²) in [6, 6.07) is 60.0. The summed E-state index contributed by atoms with van der Waals surface area (Å²) in [4.78, 5) is 0. The van der Waals surface area contributed by atoms with Crippen molar-refractivity contribution in [2.75, 3.05) is 0 Å². The fourth-order valence-electron chi connectivity index (χ4n) is 7.50. The molecule has 0 amide bonds. The molecule has 0 saturated heterocycles. The Balaban J connectivity index is 1.43. The minimum Gasteiger partial charge on any atom is -0.308 e. The SMILES string of the molecule is c1ccc(-c2ccc3sc4c(c3c2)c2ccccc2c2c4c3cc(-c4ccccc4)ccc3n2-c2cccc3ccccc23)cc1. The lowest BCUT2D eigenvalue weighted by atomic mass is 9.97. The largest absolute Gasteiger partial charge is 0.308 e. The Kier molecular flexibility index (Phi) is 5.51. The second kappa shape index (κ2) is 9.90. The molecule has 0 radical (unpaired) electrons. The monoisotopic (exact) mass is 601 g/mol. The lowest BCUT2D eigenvalue weighted by Gasteiger charge is -2.13. The van der Waals surface area contributed by atoms with Crippen molar-refractivity contribution in [1.82, 2.24) is 4.57 Å². The van der Waals surface area contributed by atoms with E-state index >= 15 is 0 Å². The van der Waals surface area contributed by atoms with Crippen molar-refractivity contribution in [1.29, 1.82) is 0 Å². The van der Waals surface area contributed by atoms with Gasteiger partial charge in [-0.3, -0.25) is 0 Å². The van der Waals surface area contributed by atoms with Gasteiger partial charge in [-0.2, -0.15) is 0 Å². The quantitative estimate of drug-likeness (QED) is 0.190. The third-order valence-corrected chi connectivity index (χ3v) is 10.7. The Morgan fingerprint density at radius 1 is 0.391 bits per heavy atom. The lowest BCUT2D eigenvalue weighted by molar-refractivity contribution is 1.21. The van der Waals surface area contributed by atoms with Crippen LogP contribution in [0.5, 0.6) is 0 Å². The van der Waals surface area contributed by atoms with Crippen LogP contribution in [-0.2, 0) is 0 Å². The molecule has 2 heteroatoms. The van der Waals surface area contributed by atoms with Gasteiger partial charge in [-0.1, -0.05) is 133 Å². The van der Waals surface area contributed by atoms with Crippen LogP contribution in [-0.4, -0.2) is 4.57 Å². The van der Waals surface area contributed by atoms with Gasteiger partial charge in [-0.15, -0.1) is 11.3 Å². The second-order valence-corrected chi connectivity index (χ2v) is 13.1. The summed E-state index contributed by atoms with van der Waals surface area (Å²) < 4.78 is 5.20. The number of benzene rings is 8. The van der Waals surface area contributed by atoms with E-state index in [-0.39, 0.29) is 0 Å². The number of fused-ring (bicyclic) bond motifs is 11. The average Bonchev–Trinajstić information content (AvgIpc) is 3.68. The highest BCUT2D eigenvalue weighted by Gasteiger charge is 2.23. The second-order valence-electron chi connectivity index (χ2n) is 12.1. The molecule has 0 N–H and O–H groups in total. The number of nitrogens with zero attached hydrogens (tertiary/aromatic N) is 1. The van der Waals surface area contributed by atoms with Gasteiger partial charge >= 0.3 is 0 Å². The highest BCUT2D eigenvalue weighted by atomic mass is 32.1. The molecule has 0 bridgehead atoms. The fraction of sp³-hybridized carbons (Fsp3) is 0. The standard InChI is InChI=1S/C44H27NS/c1-3-12-28(13-4-1)31-22-24-39-36(26-31)42-43(45(39)38-21-11-17-30-16-7-8-18-33(30)38)35-20-10-9-19-34(35)41-37-27-32(29-14-5-2-6-15-29)23-25-40(37)46-44(41)42/h1-27H. The van der Waals surface area contributed by atoms with Gasteiger partial charge in [-0.05, 0) is 63.4 Å². The zero-order chi connectivity index (χ0) is 30.2. The lowest BCUT2D eigenvalue weighted by Crippen LogP contribution is -1.96. The van der Waals surface area contributed by atoms with Gasteiger partial charge in [0.2, 0.25) is 0 Å². The summed E-state index contributed by atoms with van der Waals surface area (Å²) in [5, 5.41) is 10.4.